The van der Waals surface area contributed by atoms with Gasteiger partial charge in [0.25, 0.3) is 0 Å². The van der Waals surface area contributed by atoms with Gasteiger partial charge in [0, 0.05) is 33.0 Å². The second-order valence-corrected chi connectivity index (χ2v) is 18.9. The number of hydrogen-bond acceptors (Lipinski definition) is 8. The van der Waals surface area contributed by atoms with E-state index in [9.17, 15) is 14.7 Å². The molecule has 7 fully saturated rings. The van der Waals surface area contributed by atoms with Crippen LogP contribution in [0.25, 0.3) is 0 Å². The molecule has 5 saturated carbocycles. The van der Waals surface area contributed by atoms with Crippen molar-refractivity contribution in [2.45, 2.75) is 137 Å². The fourth-order valence-electron chi connectivity index (χ4n) is 13.8. The van der Waals surface area contributed by atoms with Crippen LogP contribution >= 0.6 is 0 Å². The first-order chi connectivity index (χ1) is 22.9. The standard InChI is InChI=1S/C40H64N2O7/c1-23(2)33(47-25(4)43)26-19-24(3)32-34(48-26)35(45)38(8)28-12-11-27-36(5,6)29(13-14-39(27)22-40(28,39)16-15-37(32,38)7)49-31-21-42(17-18-46-31)20-30(44)41(9)10/h24,26-29,31-35,45H,1,11-22H2,2-10H3. The molecule has 14 atom stereocenters. The summed E-state index contributed by atoms with van der Waals surface area (Å²) in [6, 6.07) is 0. The number of aliphatic hydroxyl groups excluding tert-OH is 1. The molecule has 0 aromatic carbocycles. The quantitative estimate of drug-likeness (QED) is 0.280. The lowest BCUT2D eigenvalue weighted by Gasteiger charge is -2.64. The van der Waals surface area contributed by atoms with Crippen molar-refractivity contribution in [3.63, 3.8) is 0 Å². The van der Waals surface area contributed by atoms with Crippen LogP contribution in [0.5, 0.6) is 0 Å². The van der Waals surface area contributed by atoms with Crippen LogP contribution in [-0.4, -0.2) is 104 Å². The average Bonchev–Trinajstić information content (AvgIpc) is 3.66. The molecule has 14 unspecified atom stereocenters. The summed E-state index contributed by atoms with van der Waals surface area (Å²) in [5, 5.41) is 12.6. The van der Waals surface area contributed by atoms with Crippen LogP contribution < -0.4 is 0 Å². The molecule has 1 amide bonds. The molecule has 0 aromatic rings. The van der Waals surface area contributed by atoms with E-state index in [1.54, 1.807) is 19.0 Å². The summed E-state index contributed by atoms with van der Waals surface area (Å²) in [7, 11) is 3.61. The topological polar surface area (TPSA) is 97.8 Å². The number of morpholine rings is 1. The molecule has 7 rings (SSSR count). The van der Waals surface area contributed by atoms with E-state index in [4.69, 9.17) is 18.9 Å². The number of ether oxygens (including phenoxy) is 4. The number of carbonyl (C=O) groups is 2. The van der Waals surface area contributed by atoms with Gasteiger partial charge < -0.3 is 29.0 Å². The first kappa shape index (κ1) is 35.9. The average molecular weight is 685 g/mol. The number of aliphatic hydroxyl groups is 1. The van der Waals surface area contributed by atoms with Crippen molar-refractivity contribution in [3.8, 4) is 0 Å². The molecule has 2 heterocycles. The number of amides is 1. The number of likely N-dealkylation sites (N-methyl/N-ethyl adjacent to an activating group) is 1. The Morgan fingerprint density at radius 3 is 2.41 bits per heavy atom. The molecule has 9 nitrogen and oxygen atoms in total. The van der Waals surface area contributed by atoms with Gasteiger partial charge in [-0.2, -0.15) is 0 Å². The number of nitrogens with zero attached hydrogens (tertiary/aromatic N) is 2. The molecule has 2 aliphatic heterocycles. The Kier molecular flexibility index (Phi) is 8.79. The predicted octanol–water partition coefficient (Wildman–Crippen LogP) is 5.44. The third kappa shape index (κ3) is 5.08. The van der Waals surface area contributed by atoms with Crippen LogP contribution in [0.3, 0.4) is 0 Å². The zero-order valence-corrected chi connectivity index (χ0v) is 31.8. The minimum absolute atomic E-state index is 0.000860. The van der Waals surface area contributed by atoms with E-state index in [1.807, 2.05) is 6.92 Å². The highest BCUT2D eigenvalue weighted by Gasteiger charge is 2.84. The minimum atomic E-state index is -0.564. The van der Waals surface area contributed by atoms with Crippen molar-refractivity contribution in [2.24, 2.45) is 50.7 Å². The molecule has 276 valence electrons. The van der Waals surface area contributed by atoms with Crippen LogP contribution in [0, 0.1) is 50.7 Å². The van der Waals surface area contributed by atoms with E-state index < -0.39 is 12.2 Å². The number of hydrogen-bond donors (Lipinski definition) is 1. The maximum atomic E-state index is 12.6. The highest BCUT2D eigenvalue weighted by molar-refractivity contribution is 5.77. The Bertz CT molecular complexity index is 1350. The third-order valence-corrected chi connectivity index (χ3v) is 16.2. The Labute approximate surface area is 294 Å². The number of esters is 1. The van der Waals surface area contributed by atoms with Gasteiger partial charge in [-0.15, -0.1) is 0 Å². The van der Waals surface area contributed by atoms with Crippen molar-refractivity contribution in [3.05, 3.63) is 12.2 Å². The number of rotatable bonds is 7. The highest BCUT2D eigenvalue weighted by Crippen LogP contribution is 2.89. The highest BCUT2D eigenvalue weighted by atomic mass is 16.7. The van der Waals surface area contributed by atoms with Crippen molar-refractivity contribution in [1.82, 2.24) is 9.80 Å². The molecule has 7 aliphatic rings. The fourth-order valence-corrected chi connectivity index (χ4v) is 13.8. The summed E-state index contributed by atoms with van der Waals surface area (Å²) in [6.07, 6.45) is 7.09. The summed E-state index contributed by atoms with van der Waals surface area (Å²) < 4.78 is 25.6. The summed E-state index contributed by atoms with van der Waals surface area (Å²) in [5.41, 5.74) is 1.07. The van der Waals surface area contributed by atoms with Crippen molar-refractivity contribution < 1.29 is 33.6 Å². The van der Waals surface area contributed by atoms with Crippen molar-refractivity contribution >= 4 is 11.9 Å². The number of carbonyl (C=O) groups excluding carboxylic acids is 2. The van der Waals surface area contributed by atoms with E-state index in [0.29, 0.717) is 42.9 Å². The molecule has 1 N–H and O–H groups in total. The van der Waals surface area contributed by atoms with Crippen LogP contribution in [-0.2, 0) is 28.5 Å². The van der Waals surface area contributed by atoms with Crippen LogP contribution in [0.2, 0.25) is 0 Å². The SMILES string of the molecule is C=C(C)C(OC(C)=O)C1CC(C)C2C(O1)C(O)C1(C)C3CCC4C(C)(C)C(OC5CN(CC(=O)N(C)C)CCO5)CCC45CC35CCC21C. The first-order valence-electron chi connectivity index (χ1n) is 19.3. The third-order valence-electron chi connectivity index (χ3n) is 16.2. The predicted molar refractivity (Wildman–Crippen MR) is 186 cm³/mol. The monoisotopic (exact) mass is 684 g/mol. The molecular weight excluding hydrogens is 620 g/mol. The summed E-state index contributed by atoms with van der Waals surface area (Å²) in [6.45, 7) is 22.0. The van der Waals surface area contributed by atoms with Crippen molar-refractivity contribution in [2.75, 3.05) is 40.3 Å². The van der Waals surface area contributed by atoms with Gasteiger partial charge in [-0.1, -0.05) is 41.2 Å². The second kappa shape index (κ2) is 12.0. The van der Waals surface area contributed by atoms with Crippen molar-refractivity contribution in [1.29, 1.82) is 0 Å². The molecule has 5 aliphatic carbocycles. The lowest BCUT2D eigenvalue weighted by molar-refractivity contribution is -0.248. The van der Waals surface area contributed by atoms with Gasteiger partial charge in [-0.05, 0) is 109 Å². The van der Waals surface area contributed by atoms with Gasteiger partial charge in [0.05, 0.1) is 44.1 Å². The fraction of sp³-hybridized carbons (Fsp3) is 0.900. The van der Waals surface area contributed by atoms with Gasteiger partial charge in [-0.3, -0.25) is 14.5 Å². The van der Waals surface area contributed by atoms with Gasteiger partial charge in [-0.25, -0.2) is 0 Å². The zero-order chi connectivity index (χ0) is 35.5. The van der Waals surface area contributed by atoms with E-state index in [1.165, 1.54) is 26.2 Å². The largest absolute Gasteiger partial charge is 0.455 e. The molecule has 2 saturated heterocycles. The van der Waals surface area contributed by atoms with Gasteiger partial charge >= 0.3 is 5.97 Å². The van der Waals surface area contributed by atoms with E-state index >= 15 is 0 Å². The second-order valence-electron chi connectivity index (χ2n) is 18.9. The molecule has 9 heteroatoms. The maximum Gasteiger partial charge on any atom is 0.303 e. The molecule has 0 aromatic heterocycles. The molecule has 0 bridgehead atoms. The Morgan fingerprint density at radius 1 is 1.04 bits per heavy atom. The molecule has 0 radical (unpaired) electrons. The van der Waals surface area contributed by atoms with Crippen LogP contribution in [0.1, 0.15) is 99.8 Å². The Morgan fingerprint density at radius 2 is 1.73 bits per heavy atom. The van der Waals surface area contributed by atoms with E-state index in [0.717, 1.165) is 44.2 Å². The first-order valence-corrected chi connectivity index (χ1v) is 19.3. The van der Waals surface area contributed by atoms with Crippen LogP contribution in [0.4, 0.5) is 0 Å². The summed E-state index contributed by atoms with van der Waals surface area (Å²) >= 11 is 0. The lowest BCUT2D eigenvalue weighted by Crippen LogP contribution is -2.60. The molecule has 2 spiro atoms. The van der Waals surface area contributed by atoms with E-state index in [-0.39, 0.29) is 64.1 Å². The normalized spacial score (nSPS) is 48.9. The van der Waals surface area contributed by atoms with Gasteiger partial charge in [0.15, 0.2) is 6.29 Å². The summed E-state index contributed by atoms with van der Waals surface area (Å²) in [4.78, 5) is 28.3. The smallest absolute Gasteiger partial charge is 0.303 e. The summed E-state index contributed by atoms with van der Waals surface area (Å²) in [5.74, 6) is 1.41. The lowest BCUT2D eigenvalue weighted by atomic mass is 9.41. The van der Waals surface area contributed by atoms with E-state index in [2.05, 4.69) is 46.1 Å². The molecular formula is C40H64N2O7. The maximum absolute atomic E-state index is 12.6. The Hall–Kier alpha value is -1.52. The van der Waals surface area contributed by atoms with Gasteiger partial charge in [0.2, 0.25) is 5.91 Å². The number of fused-ring (bicyclic) bond motifs is 4. The van der Waals surface area contributed by atoms with Gasteiger partial charge in [0.1, 0.15) is 6.10 Å². The Balaban J connectivity index is 1.09. The van der Waals surface area contributed by atoms with Crippen LogP contribution in [0.15, 0.2) is 12.2 Å². The minimum Gasteiger partial charge on any atom is -0.455 e. The zero-order valence-electron chi connectivity index (χ0n) is 31.8. The molecule has 49 heavy (non-hydrogen) atoms.